The van der Waals surface area contributed by atoms with Gasteiger partial charge in [-0.05, 0) is 38.0 Å². The molecule has 0 aromatic heterocycles. The monoisotopic (exact) mass is 360 g/mol. The number of benzene rings is 2. The fourth-order valence-corrected chi connectivity index (χ4v) is 3.85. The predicted molar refractivity (Wildman–Crippen MR) is 98.6 cm³/mol. The van der Waals surface area contributed by atoms with Crippen molar-refractivity contribution in [3.05, 3.63) is 66.2 Å². The van der Waals surface area contributed by atoms with E-state index in [9.17, 15) is 13.2 Å². The summed E-state index contributed by atoms with van der Waals surface area (Å²) in [5.74, 6) is -0.214. The van der Waals surface area contributed by atoms with Crippen LogP contribution in [0.15, 0.2) is 65.6 Å². The number of nitrogens with one attached hydrogen (secondary N) is 1. The Morgan fingerprint density at radius 1 is 0.960 bits per heavy atom. The molecule has 0 heterocycles. The lowest BCUT2D eigenvalue weighted by atomic mass is 10.1. The van der Waals surface area contributed by atoms with E-state index in [0.29, 0.717) is 19.5 Å². The van der Waals surface area contributed by atoms with Crippen LogP contribution in [-0.2, 0) is 21.2 Å². The number of nitrogens with zero attached hydrogens (tertiary/aromatic N) is 1. The molecule has 1 N–H and O–H groups in total. The molecular weight excluding hydrogens is 336 g/mol. The van der Waals surface area contributed by atoms with E-state index in [1.165, 1.54) is 12.1 Å². The van der Waals surface area contributed by atoms with E-state index in [1.54, 1.807) is 23.1 Å². The first-order valence-electron chi connectivity index (χ1n) is 8.38. The van der Waals surface area contributed by atoms with Gasteiger partial charge < -0.3 is 4.90 Å². The summed E-state index contributed by atoms with van der Waals surface area (Å²) in [6.45, 7) is 4.83. The Morgan fingerprint density at radius 3 is 2.00 bits per heavy atom. The van der Waals surface area contributed by atoms with Gasteiger partial charge in [0.05, 0.1) is 4.90 Å². The third kappa shape index (κ3) is 5.14. The van der Waals surface area contributed by atoms with Gasteiger partial charge in [0.15, 0.2) is 0 Å². The van der Waals surface area contributed by atoms with Gasteiger partial charge in [-0.15, -0.1) is 0 Å². The summed E-state index contributed by atoms with van der Waals surface area (Å²) >= 11 is 0. The van der Waals surface area contributed by atoms with Crippen LogP contribution in [0.1, 0.15) is 19.4 Å². The maximum atomic E-state index is 12.8. The van der Waals surface area contributed by atoms with Crippen LogP contribution in [0.3, 0.4) is 0 Å². The van der Waals surface area contributed by atoms with Crippen LogP contribution < -0.4 is 4.72 Å². The van der Waals surface area contributed by atoms with Gasteiger partial charge in [-0.3, -0.25) is 4.79 Å². The van der Waals surface area contributed by atoms with Crippen LogP contribution in [0.25, 0.3) is 0 Å². The average Bonchev–Trinajstić information content (AvgIpc) is 2.63. The summed E-state index contributed by atoms with van der Waals surface area (Å²) in [5.41, 5.74) is 0.906. The van der Waals surface area contributed by atoms with Crippen molar-refractivity contribution >= 4 is 15.9 Å². The number of amides is 1. The Bertz CT molecular complexity index is 773. The highest BCUT2D eigenvalue weighted by atomic mass is 32.2. The Kier molecular flexibility index (Phi) is 6.73. The number of hydrogen-bond donors (Lipinski definition) is 1. The molecule has 0 radical (unpaired) electrons. The Labute approximate surface area is 149 Å². The number of sulfonamides is 1. The number of carbonyl (C=O) groups excluding carboxylic acids is 1. The number of carbonyl (C=O) groups is 1. The molecule has 0 bridgehead atoms. The zero-order valence-electron chi connectivity index (χ0n) is 14.6. The smallest absolute Gasteiger partial charge is 0.241 e. The summed E-state index contributed by atoms with van der Waals surface area (Å²) in [6.07, 6.45) is 0.308. The minimum atomic E-state index is -3.77. The van der Waals surface area contributed by atoms with E-state index in [4.69, 9.17) is 0 Å². The Balaban J connectivity index is 2.29. The summed E-state index contributed by atoms with van der Waals surface area (Å²) < 4.78 is 27.9. The van der Waals surface area contributed by atoms with E-state index in [-0.39, 0.29) is 10.8 Å². The fourth-order valence-electron chi connectivity index (χ4n) is 2.64. The Hall–Kier alpha value is -2.18. The van der Waals surface area contributed by atoms with Crippen LogP contribution in [0, 0.1) is 0 Å². The molecule has 0 saturated carbocycles. The van der Waals surface area contributed by atoms with Crippen molar-refractivity contribution < 1.29 is 13.2 Å². The molecule has 0 fully saturated rings. The summed E-state index contributed by atoms with van der Waals surface area (Å²) in [4.78, 5) is 14.6. The second-order valence-electron chi connectivity index (χ2n) is 5.69. The van der Waals surface area contributed by atoms with Crippen molar-refractivity contribution in [3.63, 3.8) is 0 Å². The molecule has 0 aliphatic rings. The van der Waals surface area contributed by atoms with Gasteiger partial charge in [-0.2, -0.15) is 4.72 Å². The molecule has 25 heavy (non-hydrogen) atoms. The molecule has 0 aliphatic heterocycles. The molecule has 0 saturated heterocycles. The van der Waals surface area contributed by atoms with Gasteiger partial charge in [0, 0.05) is 13.1 Å². The first-order valence-corrected chi connectivity index (χ1v) is 9.86. The number of rotatable bonds is 8. The highest BCUT2D eigenvalue weighted by Crippen LogP contribution is 2.12. The molecular formula is C19H24N2O3S. The SMILES string of the molecule is CCN(CC)C(=O)[C@@H](Cc1ccccc1)NS(=O)(=O)c1ccccc1. The molecule has 2 rings (SSSR count). The fraction of sp³-hybridized carbons (Fsp3) is 0.316. The molecule has 0 unspecified atom stereocenters. The van der Waals surface area contributed by atoms with Crippen molar-refractivity contribution in [1.82, 2.24) is 9.62 Å². The molecule has 2 aromatic rings. The van der Waals surface area contributed by atoms with Crippen molar-refractivity contribution in [3.8, 4) is 0 Å². The minimum absolute atomic E-state index is 0.153. The normalized spacial score (nSPS) is 12.6. The largest absolute Gasteiger partial charge is 0.342 e. The topological polar surface area (TPSA) is 66.5 Å². The van der Waals surface area contributed by atoms with Crippen molar-refractivity contribution in [2.75, 3.05) is 13.1 Å². The van der Waals surface area contributed by atoms with Crippen LogP contribution in [-0.4, -0.2) is 38.4 Å². The molecule has 6 heteroatoms. The van der Waals surface area contributed by atoms with E-state index in [0.717, 1.165) is 5.56 Å². The maximum absolute atomic E-state index is 12.8. The van der Waals surface area contributed by atoms with E-state index < -0.39 is 16.1 Å². The third-order valence-electron chi connectivity index (χ3n) is 4.01. The van der Waals surface area contributed by atoms with E-state index in [2.05, 4.69) is 4.72 Å². The van der Waals surface area contributed by atoms with Gasteiger partial charge in [-0.25, -0.2) is 8.42 Å². The first kappa shape index (κ1) is 19.1. The van der Waals surface area contributed by atoms with Crippen molar-refractivity contribution in [2.24, 2.45) is 0 Å². The van der Waals surface area contributed by atoms with Gasteiger partial charge >= 0.3 is 0 Å². The summed E-state index contributed by atoms with van der Waals surface area (Å²) in [7, 11) is -3.77. The minimum Gasteiger partial charge on any atom is -0.342 e. The second kappa shape index (κ2) is 8.78. The van der Waals surface area contributed by atoms with Crippen molar-refractivity contribution in [1.29, 1.82) is 0 Å². The van der Waals surface area contributed by atoms with E-state index >= 15 is 0 Å². The van der Waals surface area contributed by atoms with Crippen LogP contribution in [0.5, 0.6) is 0 Å². The Morgan fingerprint density at radius 2 is 1.48 bits per heavy atom. The molecule has 1 atom stereocenters. The summed E-state index contributed by atoms with van der Waals surface area (Å²) in [5, 5.41) is 0. The van der Waals surface area contributed by atoms with Crippen molar-refractivity contribution in [2.45, 2.75) is 31.2 Å². The zero-order valence-corrected chi connectivity index (χ0v) is 15.4. The predicted octanol–water partition coefficient (Wildman–Crippen LogP) is 2.44. The van der Waals surface area contributed by atoms with Crippen LogP contribution in [0.2, 0.25) is 0 Å². The lowest BCUT2D eigenvalue weighted by Crippen LogP contribution is -2.49. The summed E-state index contributed by atoms with van der Waals surface area (Å²) in [6, 6.07) is 16.7. The number of likely N-dealkylation sites (N-methyl/N-ethyl adjacent to an activating group) is 1. The second-order valence-corrected chi connectivity index (χ2v) is 7.40. The highest BCUT2D eigenvalue weighted by Gasteiger charge is 2.28. The lowest BCUT2D eigenvalue weighted by molar-refractivity contribution is -0.132. The molecule has 0 spiro atoms. The lowest BCUT2D eigenvalue weighted by Gasteiger charge is -2.26. The molecule has 1 amide bonds. The first-order chi connectivity index (χ1) is 12.0. The molecule has 134 valence electrons. The average molecular weight is 360 g/mol. The zero-order chi connectivity index (χ0) is 18.3. The van der Waals surface area contributed by atoms with E-state index in [1.807, 2.05) is 44.2 Å². The highest BCUT2D eigenvalue weighted by molar-refractivity contribution is 7.89. The number of hydrogen-bond acceptors (Lipinski definition) is 3. The van der Waals surface area contributed by atoms with Gasteiger partial charge in [0.1, 0.15) is 6.04 Å². The van der Waals surface area contributed by atoms with Gasteiger partial charge in [-0.1, -0.05) is 48.5 Å². The maximum Gasteiger partial charge on any atom is 0.241 e. The van der Waals surface area contributed by atoms with Crippen LogP contribution >= 0.6 is 0 Å². The third-order valence-corrected chi connectivity index (χ3v) is 5.49. The quantitative estimate of drug-likeness (QED) is 0.786. The van der Waals surface area contributed by atoms with Gasteiger partial charge in [0.25, 0.3) is 0 Å². The molecule has 0 aliphatic carbocycles. The molecule has 2 aromatic carbocycles. The molecule has 5 nitrogen and oxygen atoms in total. The van der Waals surface area contributed by atoms with Gasteiger partial charge in [0.2, 0.25) is 15.9 Å². The van der Waals surface area contributed by atoms with Crippen LogP contribution in [0.4, 0.5) is 0 Å². The standard InChI is InChI=1S/C19H24N2O3S/c1-3-21(4-2)19(22)18(15-16-11-7-5-8-12-16)20-25(23,24)17-13-9-6-10-14-17/h5-14,18,20H,3-4,15H2,1-2H3/t18-/m1/s1.